The van der Waals surface area contributed by atoms with Gasteiger partial charge in [0.05, 0.1) is 12.0 Å². The molecule has 1 unspecified atom stereocenters. The molecule has 0 bridgehead atoms. The van der Waals surface area contributed by atoms with E-state index >= 15 is 0 Å². The molecule has 0 radical (unpaired) electrons. The Balaban J connectivity index is 1.69. The molecule has 1 aliphatic rings. The molecule has 4 nitrogen and oxygen atoms in total. The van der Waals surface area contributed by atoms with Crippen LogP contribution in [0.4, 0.5) is 5.69 Å². The third-order valence-electron chi connectivity index (χ3n) is 4.13. The second-order valence-electron chi connectivity index (χ2n) is 5.56. The van der Waals surface area contributed by atoms with Crippen LogP contribution in [0.3, 0.4) is 0 Å². The number of anilines is 1. The maximum Gasteiger partial charge on any atom is 0.227 e. The van der Waals surface area contributed by atoms with Crippen molar-refractivity contribution in [1.82, 2.24) is 9.97 Å². The maximum absolute atomic E-state index is 12.3. The number of amides is 1. The van der Waals surface area contributed by atoms with Crippen LogP contribution in [0, 0.1) is 19.8 Å². The molecule has 1 amide bonds. The van der Waals surface area contributed by atoms with Crippen molar-refractivity contribution in [2.75, 3.05) is 5.32 Å². The van der Waals surface area contributed by atoms with E-state index < -0.39 is 0 Å². The Morgan fingerprint density at radius 3 is 3.00 bits per heavy atom. The first-order chi connectivity index (χ1) is 9.63. The number of carbonyl (C=O) groups is 1. The number of aryl methyl sites for hydroxylation is 3. The van der Waals surface area contributed by atoms with E-state index in [-0.39, 0.29) is 11.8 Å². The highest BCUT2D eigenvalue weighted by Crippen LogP contribution is 2.24. The van der Waals surface area contributed by atoms with Crippen LogP contribution >= 0.6 is 0 Å². The van der Waals surface area contributed by atoms with Crippen LogP contribution in [0.5, 0.6) is 0 Å². The van der Waals surface area contributed by atoms with Gasteiger partial charge in [-0.2, -0.15) is 0 Å². The van der Waals surface area contributed by atoms with E-state index in [0.29, 0.717) is 0 Å². The largest absolute Gasteiger partial charge is 0.348 e. The molecule has 4 heteroatoms. The smallest absolute Gasteiger partial charge is 0.227 e. The third-order valence-corrected chi connectivity index (χ3v) is 4.13. The number of nitrogens with one attached hydrogen (secondary N) is 2. The predicted molar refractivity (Wildman–Crippen MR) is 78.6 cm³/mol. The van der Waals surface area contributed by atoms with Crippen LogP contribution in [-0.4, -0.2) is 15.9 Å². The summed E-state index contributed by atoms with van der Waals surface area (Å²) >= 11 is 0. The molecule has 0 saturated heterocycles. The van der Waals surface area contributed by atoms with Gasteiger partial charge in [-0.05, 0) is 49.9 Å². The highest BCUT2D eigenvalue weighted by molar-refractivity contribution is 5.93. The van der Waals surface area contributed by atoms with Crippen LogP contribution < -0.4 is 5.32 Å². The predicted octanol–water partition coefficient (Wildman–Crippen LogP) is 2.77. The van der Waals surface area contributed by atoms with Gasteiger partial charge >= 0.3 is 0 Å². The first-order valence-electron chi connectivity index (χ1n) is 7.02. The van der Waals surface area contributed by atoms with Crippen LogP contribution in [-0.2, 0) is 17.6 Å². The van der Waals surface area contributed by atoms with Gasteiger partial charge < -0.3 is 10.3 Å². The lowest BCUT2D eigenvalue weighted by atomic mass is 9.89. The molecular weight excluding hydrogens is 250 g/mol. The van der Waals surface area contributed by atoms with Gasteiger partial charge in [0.15, 0.2) is 0 Å². The fraction of sp³-hybridized carbons (Fsp3) is 0.375. The Labute approximate surface area is 118 Å². The molecule has 0 saturated carbocycles. The van der Waals surface area contributed by atoms with Crippen molar-refractivity contribution in [3.63, 3.8) is 0 Å². The number of nitrogens with zero attached hydrogens (tertiary/aromatic N) is 1. The molecule has 1 aromatic carbocycles. The average Bonchev–Trinajstić information content (AvgIpc) is 2.90. The van der Waals surface area contributed by atoms with Crippen molar-refractivity contribution in [2.24, 2.45) is 5.92 Å². The summed E-state index contributed by atoms with van der Waals surface area (Å²) < 4.78 is 0. The maximum atomic E-state index is 12.3. The monoisotopic (exact) mass is 269 g/mol. The number of hydrogen-bond acceptors (Lipinski definition) is 2. The molecule has 3 rings (SSSR count). The van der Waals surface area contributed by atoms with E-state index in [2.05, 4.69) is 29.1 Å². The summed E-state index contributed by atoms with van der Waals surface area (Å²) in [6.07, 6.45) is 4.22. The van der Waals surface area contributed by atoms with E-state index in [0.717, 1.165) is 36.3 Å². The molecule has 2 aromatic rings. The summed E-state index contributed by atoms with van der Waals surface area (Å²) in [6.45, 7) is 4.13. The lowest BCUT2D eigenvalue weighted by Crippen LogP contribution is -2.28. The summed E-state index contributed by atoms with van der Waals surface area (Å²) in [6, 6.07) is 6.03. The van der Waals surface area contributed by atoms with E-state index in [9.17, 15) is 4.79 Å². The van der Waals surface area contributed by atoms with Crippen molar-refractivity contribution < 1.29 is 4.79 Å². The molecule has 1 atom stereocenters. The summed E-state index contributed by atoms with van der Waals surface area (Å²) in [5.74, 6) is 0.137. The number of aromatic nitrogens is 2. The SMILES string of the molecule is Cc1ccc(NC(=O)C2CCc3nc[nH]c3C2)cc1C. The Morgan fingerprint density at radius 2 is 2.20 bits per heavy atom. The van der Waals surface area contributed by atoms with E-state index in [1.165, 1.54) is 11.1 Å². The number of hydrogen-bond donors (Lipinski definition) is 2. The summed E-state index contributed by atoms with van der Waals surface area (Å²) in [4.78, 5) is 19.8. The molecular formula is C16H19N3O. The Bertz CT molecular complexity index is 645. The number of carbonyl (C=O) groups excluding carboxylic acids is 1. The normalized spacial score (nSPS) is 17.6. The van der Waals surface area contributed by atoms with Gasteiger partial charge in [-0.3, -0.25) is 4.79 Å². The van der Waals surface area contributed by atoms with Crippen LogP contribution in [0.2, 0.25) is 0 Å². The van der Waals surface area contributed by atoms with Gasteiger partial charge in [0.1, 0.15) is 0 Å². The van der Waals surface area contributed by atoms with Crippen molar-refractivity contribution in [3.05, 3.63) is 47.0 Å². The lowest BCUT2D eigenvalue weighted by molar-refractivity contribution is -0.120. The zero-order valence-corrected chi connectivity index (χ0v) is 11.9. The number of H-pyrrole nitrogens is 1. The molecule has 104 valence electrons. The Morgan fingerprint density at radius 1 is 1.35 bits per heavy atom. The summed E-state index contributed by atoms with van der Waals surface area (Å²) in [5, 5.41) is 3.03. The molecule has 2 N–H and O–H groups in total. The summed E-state index contributed by atoms with van der Waals surface area (Å²) in [7, 11) is 0. The minimum Gasteiger partial charge on any atom is -0.348 e. The van der Waals surface area contributed by atoms with Crippen LogP contribution in [0.25, 0.3) is 0 Å². The van der Waals surface area contributed by atoms with E-state index in [1.807, 2.05) is 18.2 Å². The molecule has 0 aliphatic heterocycles. The van der Waals surface area contributed by atoms with Crippen LogP contribution in [0.15, 0.2) is 24.5 Å². The van der Waals surface area contributed by atoms with Gasteiger partial charge in [-0.25, -0.2) is 4.98 Å². The fourth-order valence-corrected chi connectivity index (χ4v) is 2.69. The van der Waals surface area contributed by atoms with Gasteiger partial charge in [-0.1, -0.05) is 6.07 Å². The second-order valence-corrected chi connectivity index (χ2v) is 5.56. The summed E-state index contributed by atoms with van der Waals surface area (Å²) in [5.41, 5.74) is 5.54. The lowest BCUT2D eigenvalue weighted by Gasteiger charge is -2.20. The first kappa shape index (κ1) is 12.9. The topological polar surface area (TPSA) is 57.8 Å². The molecule has 1 aromatic heterocycles. The van der Waals surface area contributed by atoms with Crippen molar-refractivity contribution >= 4 is 11.6 Å². The van der Waals surface area contributed by atoms with Gasteiger partial charge in [0.2, 0.25) is 5.91 Å². The van der Waals surface area contributed by atoms with Crippen LogP contribution in [0.1, 0.15) is 28.9 Å². The Kier molecular flexibility index (Phi) is 3.30. The minimum atomic E-state index is 0.0320. The number of aromatic amines is 1. The zero-order valence-electron chi connectivity index (χ0n) is 11.9. The molecule has 1 heterocycles. The number of benzene rings is 1. The van der Waals surface area contributed by atoms with Gasteiger partial charge in [0.25, 0.3) is 0 Å². The molecule has 0 spiro atoms. The highest BCUT2D eigenvalue weighted by atomic mass is 16.1. The van der Waals surface area contributed by atoms with Crippen molar-refractivity contribution in [2.45, 2.75) is 33.1 Å². The average molecular weight is 269 g/mol. The van der Waals surface area contributed by atoms with Crippen molar-refractivity contribution in [1.29, 1.82) is 0 Å². The molecule has 1 aliphatic carbocycles. The molecule has 20 heavy (non-hydrogen) atoms. The Hall–Kier alpha value is -2.10. The second kappa shape index (κ2) is 5.12. The first-order valence-corrected chi connectivity index (χ1v) is 7.02. The highest BCUT2D eigenvalue weighted by Gasteiger charge is 2.26. The minimum absolute atomic E-state index is 0.0320. The quantitative estimate of drug-likeness (QED) is 0.880. The van der Waals surface area contributed by atoms with Crippen molar-refractivity contribution in [3.8, 4) is 0 Å². The van der Waals surface area contributed by atoms with E-state index in [1.54, 1.807) is 6.33 Å². The standard InChI is InChI=1S/C16H19N3O/c1-10-3-5-13(7-11(10)2)19-16(20)12-4-6-14-15(8-12)18-9-17-14/h3,5,7,9,12H,4,6,8H2,1-2H3,(H,17,18)(H,19,20). The molecule has 0 fully saturated rings. The number of imidazole rings is 1. The number of rotatable bonds is 2. The number of fused-ring (bicyclic) bond motifs is 1. The van der Waals surface area contributed by atoms with Gasteiger partial charge in [-0.15, -0.1) is 0 Å². The van der Waals surface area contributed by atoms with E-state index in [4.69, 9.17) is 0 Å². The fourth-order valence-electron chi connectivity index (χ4n) is 2.69. The third kappa shape index (κ3) is 2.46. The van der Waals surface area contributed by atoms with Gasteiger partial charge in [0, 0.05) is 23.7 Å². The zero-order chi connectivity index (χ0) is 14.1.